The summed E-state index contributed by atoms with van der Waals surface area (Å²) in [5, 5.41) is 5.22. The predicted octanol–water partition coefficient (Wildman–Crippen LogP) is 3.26. The number of halogens is 1. The van der Waals surface area contributed by atoms with Crippen LogP contribution >= 0.6 is 23.1 Å². The fourth-order valence-electron chi connectivity index (χ4n) is 3.67. The maximum absolute atomic E-state index is 14.6. The highest BCUT2D eigenvalue weighted by atomic mass is 32.2. The van der Waals surface area contributed by atoms with Gasteiger partial charge in [-0.15, -0.1) is 11.3 Å². The van der Waals surface area contributed by atoms with Crippen molar-refractivity contribution >= 4 is 45.3 Å². The summed E-state index contributed by atoms with van der Waals surface area (Å²) in [4.78, 5) is 43.4. The molecule has 2 heterocycles. The Morgan fingerprint density at radius 1 is 1.35 bits per heavy atom. The Morgan fingerprint density at radius 3 is 2.87 bits per heavy atom. The molecule has 162 valence electrons. The van der Waals surface area contributed by atoms with Crippen LogP contribution in [0, 0.1) is 11.7 Å². The van der Waals surface area contributed by atoms with Crippen molar-refractivity contribution in [1.82, 2.24) is 20.2 Å². The van der Waals surface area contributed by atoms with Crippen LogP contribution in [0.3, 0.4) is 0 Å². The molecule has 1 aliphatic carbocycles. The molecule has 3 aromatic rings. The molecule has 0 unspecified atom stereocenters. The highest BCUT2D eigenvalue weighted by Crippen LogP contribution is 2.37. The van der Waals surface area contributed by atoms with Crippen molar-refractivity contribution in [3.8, 4) is 5.69 Å². The number of carbonyl (C=O) groups is 2. The van der Waals surface area contributed by atoms with Gasteiger partial charge in [0.25, 0.3) is 5.56 Å². The van der Waals surface area contributed by atoms with Gasteiger partial charge in [-0.25, -0.2) is 14.2 Å². The molecule has 1 atom stereocenters. The zero-order valence-corrected chi connectivity index (χ0v) is 18.7. The van der Waals surface area contributed by atoms with Crippen LogP contribution in [0.2, 0.25) is 0 Å². The van der Waals surface area contributed by atoms with Crippen molar-refractivity contribution in [2.45, 2.75) is 31.3 Å². The molecule has 0 aliphatic heterocycles. The molecule has 0 bridgehead atoms. The van der Waals surface area contributed by atoms with Crippen LogP contribution in [0.15, 0.2) is 34.2 Å². The van der Waals surface area contributed by atoms with E-state index in [1.807, 2.05) is 0 Å². The number of rotatable bonds is 4. The molecule has 31 heavy (non-hydrogen) atoms. The van der Waals surface area contributed by atoms with Crippen molar-refractivity contribution in [3.63, 3.8) is 0 Å². The Kier molecular flexibility index (Phi) is 6.10. The highest BCUT2D eigenvalue weighted by Gasteiger charge is 2.26. The molecular formula is C21H21FN4O3S2. The molecule has 0 spiro atoms. The van der Waals surface area contributed by atoms with E-state index in [1.54, 1.807) is 12.1 Å². The topological polar surface area (TPSA) is 93.1 Å². The molecule has 0 radical (unpaired) electrons. The third kappa shape index (κ3) is 4.22. The number of urea groups is 1. The minimum Gasteiger partial charge on any atom is -0.341 e. The smallest absolute Gasteiger partial charge is 0.321 e. The Morgan fingerprint density at radius 2 is 2.13 bits per heavy atom. The second-order valence-electron chi connectivity index (χ2n) is 7.43. The van der Waals surface area contributed by atoms with E-state index in [2.05, 4.69) is 22.5 Å². The Labute approximate surface area is 186 Å². The molecule has 10 heteroatoms. The number of amides is 3. The van der Waals surface area contributed by atoms with E-state index >= 15 is 0 Å². The first-order chi connectivity index (χ1) is 14.9. The minimum atomic E-state index is -0.624. The van der Waals surface area contributed by atoms with Gasteiger partial charge < -0.3 is 5.32 Å². The van der Waals surface area contributed by atoms with Crippen LogP contribution in [-0.2, 0) is 17.6 Å². The molecule has 0 saturated carbocycles. The average Bonchev–Trinajstić information content (AvgIpc) is 3.10. The van der Waals surface area contributed by atoms with Crippen LogP contribution in [0.5, 0.6) is 0 Å². The molecule has 3 amide bonds. The number of nitrogens with one attached hydrogen (secondary N) is 2. The first-order valence-corrected chi connectivity index (χ1v) is 11.7. The van der Waals surface area contributed by atoms with E-state index in [4.69, 9.17) is 0 Å². The quantitative estimate of drug-likeness (QED) is 0.461. The standard InChI is InChI=1S/C21H21FN4O3S2/c1-11-7-8-12-15(9-11)31-18-17(12)19(28)26(14-6-4-3-5-13(14)22)21(25-18)30-10-16(27)24-20(29)23-2/h3-6,11H,7-10H2,1-2H3,(H2,23,24,27,29)/t11-/m1/s1. The lowest BCUT2D eigenvalue weighted by molar-refractivity contribution is -0.117. The number of nitrogens with zero attached hydrogens (tertiary/aromatic N) is 2. The van der Waals surface area contributed by atoms with Crippen LogP contribution < -0.4 is 16.2 Å². The summed E-state index contributed by atoms with van der Waals surface area (Å²) in [5.74, 6) is -0.711. The number of para-hydroxylation sites is 1. The first-order valence-electron chi connectivity index (χ1n) is 9.85. The summed E-state index contributed by atoms with van der Waals surface area (Å²) < 4.78 is 15.9. The van der Waals surface area contributed by atoms with Crippen molar-refractivity contribution in [2.75, 3.05) is 12.8 Å². The van der Waals surface area contributed by atoms with E-state index < -0.39 is 17.8 Å². The number of aryl methyl sites for hydroxylation is 1. The van der Waals surface area contributed by atoms with Gasteiger partial charge in [-0.3, -0.25) is 19.5 Å². The van der Waals surface area contributed by atoms with Gasteiger partial charge in [-0.05, 0) is 42.9 Å². The van der Waals surface area contributed by atoms with Gasteiger partial charge in [0.1, 0.15) is 10.6 Å². The summed E-state index contributed by atoms with van der Waals surface area (Å²) in [6.07, 6.45) is 2.69. The highest BCUT2D eigenvalue weighted by molar-refractivity contribution is 7.99. The van der Waals surface area contributed by atoms with Gasteiger partial charge in [-0.2, -0.15) is 0 Å². The van der Waals surface area contributed by atoms with Crippen LogP contribution in [0.4, 0.5) is 9.18 Å². The van der Waals surface area contributed by atoms with Gasteiger partial charge in [0.05, 0.1) is 16.8 Å². The summed E-state index contributed by atoms with van der Waals surface area (Å²) in [6, 6.07) is 5.36. The van der Waals surface area contributed by atoms with Crippen molar-refractivity contribution < 1.29 is 14.0 Å². The number of thiophene rings is 1. The largest absolute Gasteiger partial charge is 0.341 e. The SMILES string of the molecule is CNC(=O)NC(=O)CSc1nc2sc3c(c2c(=O)n1-c1ccccc1F)CC[C@@H](C)C3. The maximum Gasteiger partial charge on any atom is 0.321 e. The number of thioether (sulfide) groups is 1. The fraction of sp³-hybridized carbons (Fsp3) is 0.333. The summed E-state index contributed by atoms with van der Waals surface area (Å²) in [6.45, 7) is 2.19. The minimum absolute atomic E-state index is 0.0836. The normalized spacial score (nSPS) is 15.5. The molecule has 1 aromatic carbocycles. The lowest BCUT2D eigenvalue weighted by Crippen LogP contribution is -2.38. The van der Waals surface area contributed by atoms with Gasteiger partial charge in [0, 0.05) is 11.9 Å². The van der Waals surface area contributed by atoms with E-state index in [9.17, 15) is 18.8 Å². The van der Waals surface area contributed by atoms with Crippen molar-refractivity contribution in [1.29, 1.82) is 0 Å². The summed E-state index contributed by atoms with van der Waals surface area (Å²) >= 11 is 2.48. The number of fused-ring (bicyclic) bond motifs is 3. The van der Waals surface area contributed by atoms with Gasteiger partial charge in [0.2, 0.25) is 5.91 Å². The summed E-state index contributed by atoms with van der Waals surface area (Å²) in [5.41, 5.74) is 0.756. The van der Waals surface area contributed by atoms with E-state index in [1.165, 1.54) is 35.1 Å². The van der Waals surface area contributed by atoms with Crippen molar-refractivity contribution in [3.05, 3.63) is 50.9 Å². The lowest BCUT2D eigenvalue weighted by atomic mass is 9.89. The second kappa shape index (κ2) is 8.80. The molecular weight excluding hydrogens is 439 g/mol. The van der Waals surface area contributed by atoms with E-state index in [0.29, 0.717) is 16.1 Å². The number of carbonyl (C=O) groups excluding carboxylic acids is 2. The number of hydrogen-bond donors (Lipinski definition) is 2. The molecule has 7 nitrogen and oxygen atoms in total. The Hall–Kier alpha value is -2.72. The fourth-order valence-corrected chi connectivity index (χ4v) is 5.90. The summed E-state index contributed by atoms with van der Waals surface area (Å²) in [7, 11) is 1.40. The maximum atomic E-state index is 14.6. The number of imide groups is 1. The molecule has 4 rings (SSSR count). The number of aromatic nitrogens is 2. The Bertz CT molecular complexity index is 1240. The third-order valence-corrected chi connectivity index (χ3v) is 7.29. The zero-order chi connectivity index (χ0) is 22.1. The van der Waals surface area contributed by atoms with Gasteiger partial charge in [0.15, 0.2) is 5.16 Å². The van der Waals surface area contributed by atoms with E-state index in [0.717, 1.165) is 41.5 Å². The molecule has 2 N–H and O–H groups in total. The first kappa shape index (κ1) is 21.5. The molecule has 1 aliphatic rings. The Balaban J connectivity index is 1.83. The molecule has 0 saturated heterocycles. The van der Waals surface area contributed by atoms with Gasteiger partial charge >= 0.3 is 6.03 Å². The van der Waals surface area contributed by atoms with E-state index in [-0.39, 0.29) is 22.2 Å². The number of benzene rings is 1. The third-order valence-electron chi connectivity index (χ3n) is 5.20. The second-order valence-corrected chi connectivity index (χ2v) is 9.46. The van der Waals surface area contributed by atoms with Crippen molar-refractivity contribution in [2.24, 2.45) is 5.92 Å². The van der Waals surface area contributed by atoms with Crippen LogP contribution in [0.1, 0.15) is 23.8 Å². The lowest BCUT2D eigenvalue weighted by Gasteiger charge is -2.18. The van der Waals surface area contributed by atoms with Gasteiger partial charge in [-0.1, -0.05) is 30.8 Å². The average molecular weight is 461 g/mol. The zero-order valence-electron chi connectivity index (χ0n) is 17.0. The predicted molar refractivity (Wildman–Crippen MR) is 120 cm³/mol. The molecule has 0 fully saturated rings. The van der Waals surface area contributed by atoms with Crippen LogP contribution in [-0.4, -0.2) is 34.3 Å². The van der Waals surface area contributed by atoms with Crippen LogP contribution in [0.25, 0.3) is 15.9 Å². The number of hydrogen-bond acceptors (Lipinski definition) is 6. The monoisotopic (exact) mass is 460 g/mol. The molecule has 2 aromatic heterocycles.